The van der Waals surface area contributed by atoms with Crippen LogP contribution >= 0.6 is 0 Å². The third kappa shape index (κ3) is 4.41. The molecule has 1 aliphatic heterocycles. The molecule has 1 heterocycles. The fraction of sp³-hybridized carbons (Fsp3) is 0.500. The normalized spacial score (nSPS) is 25.9. The number of benzene rings is 1. The second-order valence-electron chi connectivity index (χ2n) is 9.30. The summed E-state index contributed by atoms with van der Waals surface area (Å²) in [4.78, 5) is 39.6. The van der Waals surface area contributed by atoms with Gasteiger partial charge in [-0.2, -0.15) is 0 Å². The van der Waals surface area contributed by atoms with Gasteiger partial charge < -0.3 is 19.9 Å². The van der Waals surface area contributed by atoms with Gasteiger partial charge in [-0.25, -0.2) is 4.79 Å². The molecule has 1 aromatic rings. The van der Waals surface area contributed by atoms with Gasteiger partial charge in [0.25, 0.3) is 0 Å². The molecule has 33 heavy (non-hydrogen) atoms. The molecule has 0 unspecified atom stereocenters. The minimum absolute atomic E-state index is 0.0342. The maximum absolute atomic E-state index is 13.7. The number of aromatic hydroxyl groups is 1. The van der Waals surface area contributed by atoms with Crippen LogP contribution < -0.4 is 5.32 Å². The van der Waals surface area contributed by atoms with Gasteiger partial charge in [0.2, 0.25) is 0 Å². The van der Waals surface area contributed by atoms with Crippen molar-refractivity contribution >= 4 is 17.7 Å². The van der Waals surface area contributed by atoms with E-state index in [4.69, 9.17) is 9.47 Å². The van der Waals surface area contributed by atoms with Crippen molar-refractivity contribution in [3.05, 3.63) is 52.4 Å². The number of carbonyl (C=O) groups is 3. The van der Waals surface area contributed by atoms with Crippen LogP contribution in [-0.2, 0) is 23.9 Å². The molecule has 0 amide bonds. The van der Waals surface area contributed by atoms with Crippen molar-refractivity contribution in [2.45, 2.75) is 64.4 Å². The molecule has 0 aromatic heterocycles. The van der Waals surface area contributed by atoms with Gasteiger partial charge in [0, 0.05) is 22.9 Å². The Labute approximate surface area is 193 Å². The fourth-order valence-electron chi connectivity index (χ4n) is 5.39. The molecule has 176 valence electrons. The van der Waals surface area contributed by atoms with Crippen molar-refractivity contribution in [2.24, 2.45) is 11.8 Å². The third-order valence-electron chi connectivity index (χ3n) is 6.99. The van der Waals surface area contributed by atoms with Gasteiger partial charge in [-0.05, 0) is 62.6 Å². The van der Waals surface area contributed by atoms with Gasteiger partial charge in [-0.1, -0.05) is 25.5 Å². The molecule has 3 aliphatic rings. The summed E-state index contributed by atoms with van der Waals surface area (Å²) >= 11 is 0. The molecule has 0 spiro atoms. The van der Waals surface area contributed by atoms with Crippen LogP contribution in [0.3, 0.4) is 0 Å². The van der Waals surface area contributed by atoms with Crippen LogP contribution in [0.25, 0.3) is 0 Å². The van der Waals surface area contributed by atoms with Crippen molar-refractivity contribution in [1.29, 1.82) is 0 Å². The lowest BCUT2D eigenvalue weighted by molar-refractivity contribution is -0.151. The number of dihydropyridines is 1. The highest BCUT2D eigenvalue weighted by molar-refractivity contribution is 6.12. The zero-order valence-electron chi connectivity index (χ0n) is 19.3. The quantitative estimate of drug-likeness (QED) is 0.527. The predicted molar refractivity (Wildman–Crippen MR) is 121 cm³/mol. The summed E-state index contributed by atoms with van der Waals surface area (Å²) in [6.45, 7) is 3.65. The molecule has 4 rings (SSSR count). The van der Waals surface area contributed by atoms with Crippen molar-refractivity contribution in [1.82, 2.24) is 5.32 Å². The second-order valence-corrected chi connectivity index (χ2v) is 9.30. The lowest BCUT2D eigenvalue weighted by Gasteiger charge is -2.38. The van der Waals surface area contributed by atoms with E-state index in [1.807, 2.05) is 6.92 Å². The summed E-state index contributed by atoms with van der Waals surface area (Å²) in [6, 6.07) is 6.55. The Balaban J connectivity index is 1.78. The summed E-state index contributed by atoms with van der Waals surface area (Å²) in [6.07, 6.45) is 5.18. The van der Waals surface area contributed by atoms with Crippen LogP contribution in [0.4, 0.5) is 0 Å². The number of ether oxygens (including phenoxy) is 2. The van der Waals surface area contributed by atoms with Crippen LogP contribution in [0.2, 0.25) is 0 Å². The zero-order chi connectivity index (χ0) is 23.7. The molecule has 0 radical (unpaired) electrons. The third-order valence-corrected chi connectivity index (χ3v) is 6.99. The van der Waals surface area contributed by atoms with Gasteiger partial charge in [-0.15, -0.1) is 0 Å². The van der Waals surface area contributed by atoms with Crippen LogP contribution in [0.15, 0.2) is 46.8 Å². The number of esters is 2. The van der Waals surface area contributed by atoms with Gasteiger partial charge >= 0.3 is 11.9 Å². The molecule has 0 bridgehead atoms. The standard InChI is InChI=1S/C26H31NO6/c1-14-12-19-23(24(29)20(14)25(30)32-3)22(16-8-7-9-17(28)13-16)21(15(2)27-19)26(31)33-18-10-5-4-6-11-18/h7-9,13-14,18,20,22,27-28H,4-6,10-12H2,1-3H3/t14-,20+,22-/m0/s1. The van der Waals surface area contributed by atoms with Gasteiger partial charge in [0.05, 0.1) is 12.7 Å². The number of ketones is 1. The number of carbonyl (C=O) groups excluding carboxylic acids is 3. The highest BCUT2D eigenvalue weighted by Gasteiger charge is 2.47. The molecule has 7 nitrogen and oxygen atoms in total. The van der Waals surface area contributed by atoms with Crippen molar-refractivity contribution < 1.29 is 29.0 Å². The monoisotopic (exact) mass is 453 g/mol. The smallest absolute Gasteiger partial charge is 0.337 e. The second kappa shape index (κ2) is 9.41. The molecule has 3 atom stereocenters. The van der Waals surface area contributed by atoms with Crippen LogP contribution in [0.1, 0.15) is 63.9 Å². The zero-order valence-corrected chi connectivity index (χ0v) is 19.3. The van der Waals surface area contributed by atoms with E-state index < -0.39 is 23.8 Å². The minimum atomic E-state index is -0.940. The van der Waals surface area contributed by atoms with Gasteiger partial charge in [0.15, 0.2) is 5.78 Å². The van der Waals surface area contributed by atoms with Gasteiger partial charge in [-0.3, -0.25) is 9.59 Å². The number of hydrogen-bond donors (Lipinski definition) is 2. The Morgan fingerprint density at radius 1 is 1.15 bits per heavy atom. The summed E-state index contributed by atoms with van der Waals surface area (Å²) in [5, 5.41) is 13.4. The molecule has 0 saturated heterocycles. The van der Waals surface area contributed by atoms with E-state index in [9.17, 15) is 19.5 Å². The number of allylic oxidation sites excluding steroid dienone is 3. The molecule has 1 saturated carbocycles. The molecule has 2 N–H and O–H groups in total. The van der Waals surface area contributed by atoms with Crippen LogP contribution in [0.5, 0.6) is 5.75 Å². The van der Waals surface area contributed by atoms with E-state index in [0.29, 0.717) is 34.5 Å². The summed E-state index contributed by atoms with van der Waals surface area (Å²) < 4.78 is 10.8. The first-order valence-electron chi connectivity index (χ1n) is 11.6. The first kappa shape index (κ1) is 23.1. The van der Waals surface area contributed by atoms with Crippen molar-refractivity contribution in [3.63, 3.8) is 0 Å². The summed E-state index contributed by atoms with van der Waals surface area (Å²) in [5.74, 6) is -3.29. The number of methoxy groups -OCH3 is 1. The first-order chi connectivity index (χ1) is 15.8. The Bertz CT molecular complexity index is 1030. The molecule has 7 heteroatoms. The maximum atomic E-state index is 13.7. The summed E-state index contributed by atoms with van der Waals surface area (Å²) in [7, 11) is 1.27. The Morgan fingerprint density at radius 3 is 2.55 bits per heavy atom. The van der Waals surface area contributed by atoms with E-state index >= 15 is 0 Å². The van der Waals surface area contributed by atoms with E-state index in [2.05, 4.69) is 5.32 Å². The number of phenolic OH excluding ortho intramolecular Hbond substituents is 1. The van der Waals surface area contributed by atoms with E-state index in [1.165, 1.54) is 7.11 Å². The Kier molecular flexibility index (Phi) is 6.58. The molecule has 2 aliphatic carbocycles. The Morgan fingerprint density at radius 2 is 1.88 bits per heavy atom. The van der Waals surface area contributed by atoms with Crippen molar-refractivity contribution in [2.75, 3.05) is 7.11 Å². The lowest BCUT2D eigenvalue weighted by atomic mass is 9.69. The van der Waals surface area contributed by atoms with E-state index in [0.717, 1.165) is 32.1 Å². The average Bonchev–Trinajstić information content (AvgIpc) is 2.78. The topological polar surface area (TPSA) is 102 Å². The Hall–Kier alpha value is -3.09. The number of nitrogens with one attached hydrogen (secondary N) is 1. The van der Waals surface area contributed by atoms with E-state index in [-0.39, 0.29) is 23.6 Å². The highest BCUT2D eigenvalue weighted by Crippen LogP contribution is 2.46. The number of phenols is 1. The number of Topliss-reactive ketones (excluding diaryl/α,β-unsaturated/α-hetero) is 1. The van der Waals surface area contributed by atoms with Gasteiger partial charge in [0.1, 0.15) is 17.8 Å². The molecular formula is C26H31NO6. The average molecular weight is 454 g/mol. The van der Waals surface area contributed by atoms with E-state index in [1.54, 1.807) is 31.2 Å². The highest BCUT2D eigenvalue weighted by atomic mass is 16.5. The SMILES string of the molecule is COC(=O)[C@H]1C(=O)C2=C(C[C@@H]1C)NC(C)=C(C(=O)OC1CCCCC1)[C@@H]2c1cccc(O)c1. The molecule has 1 fully saturated rings. The van der Waals surface area contributed by atoms with Crippen molar-refractivity contribution in [3.8, 4) is 5.75 Å². The largest absolute Gasteiger partial charge is 0.508 e. The van der Waals surface area contributed by atoms with Crippen LogP contribution in [-0.4, -0.2) is 36.0 Å². The molecular weight excluding hydrogens is 422 g/mol. The summed E-state index contributed by atoms with van der Waals surface area (Å²) in [5.41, 5.74) is 2.64. The lowest BCUT2D eigenvalue weighted by Crippen LogP contribution is -2.43. The number of hydrogen-bond acceptors (Lipinski definition) is 7. The maximum Gasteiger partial charge on any atom is 0.337 e. The first-order valence-corrected chi connectivity index (χ1v) is 11.6. The number of rotatable bonds is 4. The fourth-order valence-corrected chi connectivity index (χ4v) is 5.39. The molecule has 1 aromatic carbocycles. The minimum Gasteiger partial charge on any atom is -0.508 e. The predicted octanol–water partition coefficient (Wildman–Crippen LogP) is 3.88. The van der Waals surface area contributed by atoms with Crippen LogP contribution in [0, 0.1) is 11.8 Å².